The van der Waals surface area contributed by atoms with E-state index in [1.165, 1.54) is 24.7 Å². The van der Waals surface area contributed by atoms with Gasteiger partial charge in [0.25, 0.3) is 0 Å². The molecule has 1 aromatic rings. The zero-order valence-corrected chi connectivity index (χ0v) is 13.4. The summed E-state index contributed by atoms with van der Waals surface area (Å²) >= 11 is 0. The van der Waals surface area contributed by atoms with Gasteiger partial charge in [0.15, 0.2) is 11.4 Å². The van der Waals surface area contributed by atoms with Crippen molar-refractivity contribution in [2.75, 3.05) is 25.5 Å². The van der Waals surface area contributed by atoms with Gasteiger partial charge in [-0.3, -0.25) is 0 Å². The number of aryl methyl sites for hydroxylation is 2. The second-order valence-electron chi connectivity index (χ2n) is 5.88. The molecule has 0 saturated carbocycles. The number of benzene rings is 1. The maximum absolute atomic E-state index is 12.2. The molecule has 2 heterocycles. The molecule has 2 aliphatic rings. The van der Waals surface area contributed by atoms with Crippen molar-refractivity contribution in [1.82, 2.24) is 4.90 Å². The molecule has 0 unspecified atom stereocenters. The van der Waals surface area contributed by atoms with Crippen LogP contribution in [0.2, 0.25) is 0 Å². The zero-order valence-electron chi connectivity index (χ0n) is 13.4. The molecule has 0 atom stereocenters. The van der Waals surface area contributed by atoms with Crippen LogP contribution >= 0.6 is 0 Å². The number of nitrogens with one attached hydrogen (secondary N) is 1. The van der Waals surface area contributed by atoms with Crippen LogP contribution in [-0.2, 0) is 9.53 Å². The molecule has 1 aromatic carbocycles. The number of rotatable bonds is 2. The van der Waals surface area contributed by atoms with E-state index in [9.17, 15) is 4.79 Å². The Morgan fingerprint density at radius 1 is 1.18 bits per heavy atom. The lowest BCUT2D eigenvalue weighted by Crippen LogP contribution is -2.35. The SMILES string of the molecule is COC(=O)C(=C1Nc2cc(C)c(C)cc2O1)N1CCCCC1. The summed E-state index contributed by atoms with van der Waals surface area (Å²) in [4.78, 5) is 14.3. The summed E-state index contributed by atoms with van der Waals surface area (Å²) in [7, 11) is 1.41. The third kappa shape index (κ3) is 2.63. The van der Waals surface area contributed by atoms with Gasteiger partial charge in [0.2, 0.25) is 5.88 Å². The molecule has 5 nitrogen and oxygen atoms in total. The molecule has 1 fully saturated rings. The highest BCUT2D eigenvalue weighted by molar-refractivity contribution is 5.89. The molecular weight excluding hydrogens is 280 g/mol. The summed E-state index contributed by atoms with van der Waals surface area (Å²) in [6, 6.07) is 4.04. The predicted molar refractivity (Wildman–Crippen MR) is 84.6 cm³/mol. The summed E-state index contributed by atoms with van der Waals surface area (Å²) in [5, 5.41) is 3.23. The second kappa shape index (κ2) is 5.91. The Morgan fingerprint density at radius 3 is 2.55 bits per heavy atom. The normalized spacial score (nSPS) is 19.1. The first-order valence-corrected chi connectivity index (χ1v) is 7.74. The monoisotopic (exact) mass is 302 g/mol. The van der Waals surface area contributed by atoms with Crippen molar-refractivity contribution >= 4 is 11.7 Å². The van der Waals surface area contributed by atoms with Crippen molar-refractivity contribution < 1.29 is 14.3 Å². The van der Waals surface area contributed by atoms with Gasteiger partial charge in [-0.25, -0.2) is 4.79 Å². The van der Waals surface area contributed by atoms with Crippen LogP contribution in [0.4, 0.5) is 5.69 Å². The fourth-order valence-corrected chi connectivity index (χ4v) is 2.92. The van der Waals surface area contributed by atoms with E-state index in [-0.39, 0.29) is 5.97 Å². The molecule has 0 bridgehead atoms. The third-order valence-corrected chi connectivity index (χ3v) is 4.32. The quantitative estimate of drug-likeness (QED) is 0.672. The molecule has 22 heavy (non-hydrogen) atoms. The molecule has 0 radical (unpaired) electrons. The number of likely N-dealkylation sites (tertiary alicyclic amines) is 1. The van der Waals surface area contributed by atoms with E-state index < -0.39 is 0 Å². The van der Waals surface area contributed by atoms with Crippen LogP contribution in [0.3, 0.4) is 0 Å². The van der Waals surface area contributed by atoms with Gasteiger partial charge in [0.1, 0.15) is 0 Å². The highest BCUT2D eigenvalue weighted by Gasteiger charge is 2.30. The highest BCUT2D eigenvalue weighted by Crippen LogP contribution is 2.37. The molecule has 0 spiro atoms. The summed E-state index contributed by atoms with van der Waals surface area (Å²) in [5.41, 5.74) is 3.75. The molecule has 1 saturated heterocycles. The molecule has 118 valence electrons. The predicted octanol–water partition coefficient (Wildman–Crippen LogP) is 2.94. The van der Waals surface area contributed by atoms with Gasteiger partial charge in [-0.2, -0.15) is 0 Å². The number of anilines is 1. The van der Waals surface area contributed by atoms with Crippen molar-refractivity contribution in [3.05, 3.63) is 34.8 Å². The first-order valence-electron chi connectivity index (χ1n) is 7.74. The third-order valence-electron chi connectivity index (χ3n) is 4.32. The molecule has 2 aliphatic heterocycles. The highest BCUT2D eigenvalue weighted by atomic mass is 16.5. The van der Waals surface area contributed by atoms with Gasteiger partial charge in [0.05, 0.1) is 12.8 Å². The van der Waals surface area contributed by atoms with Crippen molar-refractivity contribution in [3.8, 4) is 5.75 Å². The number of piperidine rings is 1. The number of hydrogen-bond donors (Lipinski definition) is 1. The minimum atomic E-state index is -0.356. The van der Waals surface area contributed by atoms with Crippen LogP contribution in [0, 0.1) is 13.8 Å². The number of nitrogens with zero attached hydrogens (tertiary/aromatic N) is 1. The Balaban J connectivity index is 1.96. The average Bonchev–Trinajstić information content (AvgIpc) is 2.91. The number of carbonyl (C=O) groups is 1. The lowest BCUT2D eigenvalue weighted by molar-refractivity contribution is -0.138. The number of ether oxygens (including phenoxy) is 2. The summed E-state index contributed by atoms with van der Waals surface area (Å²) in [6.45, 7) is 5.82. The minimum absolute atomic E-state index is 0.356. The lowest BCUT2D eigenvalue weighted by Gasteiger charge is -2.29. The standard InChI is InChI=1S/C17H22N2O3/c1-11-9-13-14(10-12(11)2)22-16(18-13)15(17(20)21-3)19-7-5-4-6-8-19/h9-10,18H,4-8H2,1-3H3. The van der Waals surface area contributed by atoms with Crippen molar-refractivity contribution in [2.24, 2.45) is 0 Å². The number of hydrogen-bond acceptors (Lipinski definition) is 5. The maximum atomic E-state index is 12.2. The molecule has 5 heteroatoms. The number of carbonyl (C=O) groups excluding carboxylic acids is 1. The molecule has 0 aliphatic carbocycles. The largest absolute Gasteiger partial charge is 0.464 e. The van der Waals surface area contributed by atoms with Gasteiger partial charge in [-0.1, -0.05) is 0 Å². The van der Waals surface area contributed by atoms with Crippen LogP contribution in [-0.4, -0.2) is 31.1 Å². The van der Waals surface area contributed by atoms with Crippen LogP contribution in [0.1, 0.15) is 30.4 Å². The van der Waals surface area contributed by atoms with Crippen LogP contribution < -0.4 is 10.1 Å². The number of fused-ring (bicyclic) bond motifs is 1. The summed E-state index contributed by atoms with van der Waals surface area (Å²) in [6.07, 6.45) is 3.37. The maximum Gasteiger partial charge on any atom is 0.359 e. The Morgan fingerprint density at radius 2 is 1.86 bits per heavy atom. The molecule has 3 rings (SSSR count). The Labute approximate surface area is 130 Å². The van der Waals surface area contributed by atoms with Crippen LogP contribution in [0.25, 0.3) is 0 Å². The zero-order chi connectivity index (χ0) is 15.7. The first-order chi connectivity index (χ1) is 10.6. The molecule has 1 N–H and O–H groups in total. The summed E-state index contributed by atoms with van der Waals surface area (Å²) < 4.78 is 10.9. The van der Waals surface area contributed by atoms with Crippen LogP contribution in [0.15, 0.2) is 23.7 Å². The van der Waals surface area contributed by atoms with E-state index in [1.54, 1.807) is 0 Å². The molecule has 0 amide bonds. The van der Waals surface area contributed by atoms with E-state index in [0.29, 0.717) is 11.6 Å². The fraction of sp³-hybridized carbons (Fsp3) is 0.471. The smallest absolute Gasteiger partial charge is 0.359 e. The number of esters is 1. The van der Waals surface area contributed by atoms with E-state index in [1.807, 2.05) is 19.1 Å². The minimum Gasteiger partial charge on any atom is -0.464 e. The van der Waals surface area contributed by atoms with E-state index in [2.05, 4.69) is 17.1 Å². The van der Waals surface area contributed by atoms with Crippen molar-refractivity contribution in [2.45, 2.75) is 33.1 Å². The van der Waals surface area contributed by atoms with Crippen molar-refractivity contribution in [3.63, 3.8) is 0 Å². The van der Waals surface area contributed by atoms with Gasteiger partial charge in [-0.05, 0) is 56.4 Å². The van der Waals surface area contributed by atoms with Gasteiger partial charge in [0, 0.05) is 13.1 Å². The first kappa shape index (κ1) is 14.8. The van der Waals surface area contributed by atoms with E-state index in [0.717, 1.165) is 37.4 Å². The molecular formula is C17H22N2O3. The molecule has 0 aromatic heterocycles. The van der Waals surface area contributed by atoms with Gasteiger partial charge in [-0.15, -0.1) is 0 Å². The Hall–Kier alpha value is -2.17. The lowest BCUT2D eigenvalue weighted by atomic mass is 10.1. The fourth-order valence-electron chi connectivity index (χ4n) is 2.92. The summed E-state index contributed by atoms with van der Waals surface area (Å²) in [5.74, 6) is 0.885. The Bertz CT molecular complexity index is 598. The van der Waals surface area contributed by atoms with Crippen LogP contribution in [0.5, 0.6) is 5.75 Å². The Kier molecular flexibility index (Phi) is 3.96. The van der Waals surface area contributed by atoms with E-state index in [4.69, 9.17) is 9.47 Å². The topological polar surface area (TPSA) is 50.8 Å². The van der Waals surface area contributed by atoms with Gasteiger partial charge >= 0.3 is 5.97 Å². The van der Waals surface area contributed by atoms with E-state index >= 15 is 0 Å². The van der Waals surface area contributed by atoms with Crippen molar-refractivity contribution in [1.29, 1.82) is 0 Å². The second-order valence-corrected chi connectivity index (χ2v) is 5.88. The average molecular weight is 302 g/mol. The van der Waals surface area contributed by atoms with Gasteiger partial charge < -0.3 is 19.7 Å². The number of methoxy groups -OCH3 is 1.